The monoisotopic (exact) mass is 846 g/mol. The first kappa shape index (κ1) is 58.3. The maximum Gasteiger partial charge on any atom is 0.305 e. The van der Waals surface area contributed by atoms with Crippen molar-refractivity contribution in [3.05, 3.63) is 24.3 Å². The fraction of sp³-hybridized carbons (Fsp3) is 0.889. The van der Waals surface area contributed by atoms with Gasteiger partial charge in [0.2, 0.25) is 5.91 Å². The molecule has 0 aromatic rings. The zero-order valence-corrected chi connectivity index (χ0v) is 40.2. The van der Waals surface area contributed by atoms with Gasteiger partial charge in [-0.25, -0.2) is 0 Å². The predicted molar refractivity (Wildman–Crippen MR) is 260 cm³/mol. The average Bonchev–Trinajstić information content (AvgIpc) is 3.25. The Labute approximate surface area is 373 Å². The van der Waals surface area contributed by atoms with Gasteiger partial charge in [0.05, 0.1) is 25.4 Å². The molecule has 0 aliphatic rings. The number of hydrogen-bond acceptors (Lipinski definition) is 5. The summed E-state index contributed by atoms with van der Waals surface area (Å²) in [4.78, 5) is 24.4. The van der Waals surface area contributed by atoms with Crippen molar-refractivity contribution in [1.29, 1.82) is 0 Å². The smallest absolute Gasteiger partial charge is 0.305 e. The van der Waals surface area contributed by atoms with Crippen LogP contribution in [0.3, 0.4) is 0 Å². The van der Waals surface area contributed by atoms with Crippen LogP contribution in [-0.4, -0.2) is 47.4 Å². The number of carbonyl (C=O) groups excluding carboxylic acids is 2. The van der Waals surface area contributed by atoms with Gasteiger partial charge in [-0.1, -0.05) is 237 Å². The fourth-order valence-corrected chi connectivity index (χ4v) is 8.10. The SMILES string of the molecule is CCCCCCCCCC/C=C/C(O)C(CO)NC(=O)CCCCCCCCC/C=C\CCCCCCCCCCCCOC(=O)CCCCCCCCCCCCCC. The second-order valence-corrected chi connectivity index (χ2v) is 18.2. The number of ether oxygens (including phenoxy) is 1. The van der Waals surface area contributed by atoms with Crippen LogP contribution in [0.5, 0.6) is 0 Å². The Morgan fingerprint density at radius 1 is 0.450 bits per heavy atom. The standard InChI is InChI=1S/C54H103NO5/c1-3-5-7-9-11-13-15-28-32-36-40-44-48-54(59)60-49-45-41-37-33-29-26-24-22-20-18-16-17-19-21-23-25-27-31-35-39-43-47-53(58)55-51(50-56)52(57)46-42-38-34-30-14-12-10-8-6-4-2/h17,19,42,46,51-52,56-57H,3-16,18,20-41,43-45,47-50H2,1-2H3,(H,55,58)/b19-17-,46-42+. The fourth-order valence-electron chi connectivity index (χ4n) is 8.10. The Hall–Kier alpha value is -1.66. The van der Waals surface area contributed by atoms with Crippen LogP contribution in [0, 0.1) is 0 Å². The number of esters is 1. The van der Waals surface area contributed by atoms with Crippen molar-refractivity contribution in [3.8, 4) is 0 Å². The molecule has 0 radical (unpaired) electrons. The summed E-state index contributed by atoms with van der Waals surface area (Å²) in [5.74, 6) is -0.0699. The third kappa shape index (κ3) is 45.9. The lowest BCUT2D eigenvalue weighted by Crippen LogP contribution is -2.45. The van der Waals surface area contributed by atoms with E-state index < -0.39 is 12.1 Å². The van der Waals surface area contributed by atoms with Crippen molar-refractivity contribution in [2.24, 2.45) is 0 Å². The highest BCUT2D eigenvalue weighted by atomic mass is 16.5. The van der Waals surface area contributed by atoms with Gasteiger partial charge in [-0.15, -0.1) is 0 Å². The number of aliphatic hydroxyl groups is 2. The molecule has 0 spiro atoms. The topological polar surface area (TPSA) is 95.9 Å². The zero-order valence-electron chi connectivity index (χ0n) is 40.2. The van der Waals surface area contributed by atoms with Crippen molar-refractivity contribution in [2.75, 3.05) is 13.2 Å². The first-order chi connectivity index (χ1) is 29.5. The van der Waals surface area contributed by atoms with E-state index >= 15 is 0 Å². The molecular weight excluding hydrogens is 743 g/mol. The Morgan fingerprint density at radius 3 is 1.18 bits per heavy atom. The molecular formula is C54H103NO5. The maximum absolute atomic E-state index is 12.4. The molecule has 2 atom stereocenters. The van der Waals surface area contributed by atoms with Crippen LogP contribution in [0.25, 0.3) is 0 Å². The van der Waals surface area contributed by atoms with Crippen molar-refractivity contribution in [2.45, 2.75) is 296 Å². The summed E-state index contributed by atoms with van der Waals surface area (Å²) >= 11 is 0. The molecule has 0 fully saturated rings. The molecule has 0 aromatic heterocycles. The summed E-state index contributed by atoms with van der Waals surface area (Å²) in [6, 6.07) is -0.631. The van der Waals surface area contributed by atoms with Crippen molar-refractivity contribution < 1.29 is 24.5 Å². The van der Waals surface area contributed by atoms with Crippen LogP contribution >= 0.6 is 0 Å². The van der Waals surface area contributed by atoms with E-state index in [1.807, 2.05) is 6.08 Å². The minimum absolute atomic E-state index is 0.00782. The lowest BCUT2D eigenvalue weighted by Gasteiger charge is -2.20. The molecule has 60 heavy (non-hydrogen) atoms. The van der Waals surface area contributed by atoms with E-state index in [1.54, 1.807) is 6.08 Å². The Kier molecular flexibility index (Phi) is 48.6. The molecule has 0 rings (SSSR count). The first-order valence-electron chi connectivity index (χ1n) is 26.6. The molecule has 6 heteroatoms. The summed E-state index contributed by atoms with van der Waals surface area (Å²) < 4.78 is 5.46. The lowest BCUT2D eigenvalue weighted by molar-refractivity contribution is -0.143. The van der Waals surface area contributed by atoms with Crippen molar-refractivity contribution in [1.82, 2.24) is 5.32 Å². The van der Waals surface area contributed by atoms with Crippen LogP contribution in [0.15, 0.2) is 24.3 Å². The summed E-state index contributed by atoms with van der Waals surface area (Å²) in [6.07, 6.45) is 59.1. The largest absolute Gasteiger partial charge is 0.466 e. The van der Waals surface area contributed by atoms with Crippen LogP contribution in [-0.2, 0) is 14.3 Å². The number of aliphatic hydroxyl groups excluding tert-OH is 2. The van der Waals surface area contributed by atoms with E-state index in [0.717, 1.165) is 44.9 Å². The van der Waals surface area contributed by atoms with Crippen LogP contribution < -0.4 is 5.32 Å². The maximum atomic E-state index is 12.4. The van der Waals surface area contributed by atoms with E-state index in [0.29, 0.717) is 19.4 Å². The third-order valence-corrected chi connectivity index (χ3v) is 12.2. The highest BCUT2D eigenvalue weighted by Gasteiger charge is 2.18. The summed E-state index contributed by atoms with van der Waals surface area (Å²) in [6.45, 7) is 4.87. The second-order valence-electron chi connectivity index (χ2n) is 18.2. The zero-order chi connectivity index (χ0) is 43.7. The Balaban J connectivity index is 3.42. The normalized spacial score (nSPS) is 12.8. The summed E-state index contributed by atoms with van der Waals surface area (Å²) in [7, 11) is 0. The lowest BCUT2D eigenvalue weighted by atomic mass is 10.0. The average molecular weight is 846 g/mol. The minimum atomic E-state index is -0.846. The van der Waals surface area contributed by atoms with Gasteiger partial charge in [0, 0.05) is 12.8 Å². The number of carbonyl (C=O) groups is 2. The first-order valence-corrected chi connectivity index (χ1v) is 26.6. The van der Waals surface area contributed by atoms with E-state index in [2.05, 4.69) is 31.3 Å². The molecule has 0 aromatic carbocycles. The number of rotatable bonds is 49. The van der Waals surface area contributed by atoms with Gasteiger partial charge in [0.1, 0.15) is 0 Å². The number of allylic oxidation sites excluding steroid dienone is 3. The molecule has 3 N–H and O–H groups in total. The van der Waals surface area contributed by atoms with E-state index in [1.165, 1.54) is 212 Å². The van der Waals surface area contributed by atoms with Crippen molar-refractivity contribution >= 4 is 11.9 Å². The summed E-state index contributed by atoms with van der Waals surface area (Å²) in [5, 5.41) is 22.9. The summed E-state index contributed by atoms with van der Waals surface area (Å²) in [5.41, 5.74) is 0. The number of unbranched alkanes of at least 4 members (excludes halogenated alkanes) is 36. The van der Waals surface area contributed by atoms with Crippen LogP contribution in [0.4, 0.5) is 0 Å². The van der Waals surface area contributed by atoms with Gasteiger partial charge in [-0.3, -0.25) is 9.59 Å². The number of nitrogens with one attached hydrogen (secondary N) is 1. The number of hydrogen-bond donors (Lipinski definition) is 3. The van der Waals surface area contributed by atoms with Crippen LogP contribution in [0.1, 0.15) is 284 Å². The van der Waals surface area contributed by atoms with E-state index in [-0.39, 0.29) is 18.5 Å². The highest BCUT2D eigenvalue weighted by Crippen LogP contribution is 2.16. The Morgan fingerprint density at radius 2 is 0.783 bits per heavy atom. The molecule has 0 aliphatic heterocycles. The van der Waals surface area contributed by atoms with Crippen molar-refractivity contribution in [3.63, 3.8) is 0 Å². The molecule has 0 saturated carbocycles. The minimum Gasteiger partial charge on any atom is -0.466 e. The number of amides is 1. The van der Waals surface area contributed by atoms with Gasteiger partial charge in [0.25, 0.3) is 0 Å². The van der Waals surface area contributed by atoms with E-state index in [9.17, 15) is 19.8 Å². The molecule has 0 aliphatic carbocycles. The molecule has 0 heterocycles. The van der Waals surface area contributed by atoms with Gasteiger partial charge < -0.3 is 20.3 Å². The third-order valence-electron chi connectivity index (χ3n) is 12.2. The molecule has 354 valence electrons. The van der Waals surface area contributed by atoms with Crippen LogP contribution in [0.2, 0.25) is 0 Å². The molecule has 0 saturated heterocycles. The predicted octanol–water partition coefficient (Wildman–Crippen LogP) is 15.9. The molecule has 6 nitrogen and oxygen atoms in total. The highest BCUT2D eigenvalue weighted by molar-refractivity contribution is 5.76. The van der Waals surface area contributed by atoms with Gasteiger partial charge in [0.15, 0.2) is 0 Å². The van der Waals surface area contributed by atoms with Gasteiger partial charge >= 0.3 is 5.97 Å². The quantitative estimate of drug-likeness (QED) is 0.0322. The molecule has 2 unspecified atom stereocenters. The van der Waals surface area contributed by atoms with E-state index in [4.69, 9.17) is 4.74 Å². The molecule has 1 amide bonds. The van der Waals surface area contributed by atoms with Gasteiger partial charge in [-0.2, -0.15) is 0 Å². The Bertz CT molecular complexity index is 935. The molecule has 0 bridgehead atoms. The van der Waals surface area contributed by atoms with Gasteiger partial charge in [-0.05, 0) is 57.8 Å². The second kappa shape index (κ2) is 50.0.